The van der Waals surface area contributed by atoms with E-state index in [-0.39, 0.29) is 5.91 Å². The van der Waals surface area contributed by atoms with Crippen molar-refractivity contribution in [2.45, 2.75) is 12.1 Å². The highest BCUT2D eigenvalue weighted by Crippen LogP contribution is 2.47. The molecule has 0 N–H and O–H groups in total. The van der Waals surface area contributed by atoms with Gasteiger partial charge in [-0.15, -0.1) is 0 Å². The molecule has 2 aliphatic heterocycles. The molecule has 0 aliphatic carbocycles. The minimum Gasteiger partial charge on any atom is -0.423 e. The number of anilines is 2. The van der Waals surface area contributed by atoms with Crippen LogP contribution in [0.1, 0.15) is 22.0 Å². The molecule has 2 amide bonds. The molecule has 2 saturated heterocycles. The molecule has 3 atom stereocenters. The largest absolute Gasteiger partial charge is 0.423 e. The van der Waals surface area contributed by atoms with Crippen molar-refractivity contribution >= 4 is 29.2 Å². The first-order valence-corrected chi connectivity index (χ1v) is 11.9. The lowest BCUT2D eigenvalue weighted by Crippen LogP contribution is -2.37. The van der Waals surface area contributed by atoms with E-state index in [9.17, 15) is 14.4 Å². The van der Waals surface area contributed by atoms with Gasteiger partial charge in [0.1, 0.15) is 11.7 Å². The summed E-state index contributed by atoms with van der Waals surface area (Å²) in [5.41, 5.74) is 2.45. The fourth-order valence-electron chi connectivity index (χ4n) is 4.86. The Bertz CT molecular complexity index is 1440. The molecule has 0 aromatic heterocycles. The summed E-state index contributed by atoms with van der Waals surface area (Å²) < 4.78 is 5.52. The summed E-state index contributed by atoms with van der Waals surface area (Å²) >= 11 is 0. The molecule has 2 aliphatic rings. The Morgan fingerprint density at radius 1 is 0.676 bits per heavy atom. The fourth-order valence-corrected chi connectivity index (χ4v) is 4.86. The van der Waals surface area contributed by atoms with Crippen LogP contribution in [-0.4, -0.2) is 23.9 Å². The molecular formula is C30H22N2O5. The minimum atomic E-state index is -0.950. The highest BCUT2D eigenvalue weighted by atomic mass is 16.7. The number of nitrogens with zero attached hydrogens (tertiary/aromatic N) is 2. The normalized spacial score (nSPS) is 20.7. The molecule has 4 aromatic rings. The van der Waals surface area contributed by atoms with Crippen LogP contribution in [0.2, 0.25) is 0 Å². The van der Waals surface area contributed by atoms with Gasteiger partial charge >= 0.3 is 5.97 Å². The van der Waals surface area contributed by atoms with Crippen LogP contribution in [0.15, 0.2) is 115 Å². The molecule has 2 heterocycles. The van der Waals surface area contributed by atoms with Crippen molar-refractivity contribution in [3.05, 3.63) is 126 Å². The van der Waals surface area contributed by atoms with E-state index in [2.05, 4.69) is 0 Å². The number of ether oxygens (including phenoxy) is 1. The van der Waals surface area contributed by atoms with Crippen LogP contribution in [0.4, 0.5) is 11.4 Å². The maximum absolute atomic E-state index is 13.7. The second kappa shape index (κ2) is 9.37. The molecular weight excluding hydrogens is 468 g/mol. The van der Waals surface area contributed by atoms with Crippen LogP contribution >= 0.6 is 0 Å². The maximum Gasteiger partial charge on any atom is 0.343 e. The van der Waals surface area contributed by atoms with Crippen molar-refractivity contribution in [2.24, 2.45) is 5.92 Å². The first-order valence-electron chi connectivity index (χ1n) is 11.9. The van der Waals surface area contributed by atoms with Gasteiger partial charge in [0.05, 0.1) is 23.0 Å². The molecule has 7 nitrogen and oxygen atoms in total. The monoisotopic (exact) mass is 490 g/mol. The summed E-state index contributed by atoms with van der Waals surface area (Å²) in [6.07, 6.45) is -0.950. The van der Waals surface area contributed by atoms with Crippen LogP contribution in [0.3, 0.4) is 0 Å². The number of hydrogen-bond donors (Lipinski definition) is 0. The third-order valence-electron chi connectivity index (χ3n) is 6.58. The third kappa shape index (κ3) is 4.05. The Labute approximate surface area is 213 Å². The van der Waals surface area contributed by atoms with Gasteiger partial charge in [-0.25, -0.2) is 14.8 Å². The van der Waals surface area contributed by atoms with E-state index in [1.165, 1.54) is 4.90 Å². The number of fused-ring (bicyclic) bond motifs is 1. The highest BCUT2D eigenvalue weighted by Gasteiger charge is 2.60. The number of hydrogen-bond acceptors (Lipinski definition) is 6. The van der Waals surface area contributed by atoms with E-state index in [1.54, 1.807) is 77.9 Å². The molecule has 0 bridgehead atoms. The van der Waals surface area contributed by atoms with Gasteiger partial charge in [0, 0.05) is 0 Å². The predicted octanol–water partition coefficient (Wildman–Crippen LogP) is 4.96. The number of para-hydroxylation sites is 2. The van der Waals surface area contributed by atoms with Gasteiger partial charge in [-0.1, -0.05) is 66.7 Å². The van der Waals surface area contributed by atoms with Crippen molar-refractivity contribution in [3.8, 4) is 5.75 Å². The third-order valence-corrected chi connectivity index (χ3v) is 6.58. The van der Waals surface area contributed by atoms with E-state index in [4.69, 9.17) is 9.57 Å². The van der Waals surface area contributed by atoms with Crippen LogP contribution in [-0.2, 0) is 14.4 Å². The molecule has 0 unspecified atom stereocenters. The number of carbonyl (C=O) groups excluding carboxylic acids is 3. The molecule has 4 aromatic carbocycles. The van der Waals surface area contributed by atoms with Gasteiger partial charge in [0.15, 0.2) is 6.10 Å². The summed E-state index contributed by atoms with van der Waals surface area (Å²) in [6, 6.07) is 33.4. The van der Waals surface area contributed by atoms with Crippen molar-refractivity contribution in [1.29, 1.82) is 0 Å². The lowest BCUT2D eigenvalue weighted by molar-refractivity contribution is -0.126. The second-order valence-electron chi connectivity index (χ2n) is 8.83. The number of hydroxylamine groups is 1. The second-order valence-corrected chi connectivity index (χ2v) is 8.83. The van der Waals surface area contributed by atoms with Crippen LogP contribution in [0.5, 0.6) is 5.75 Å². The zero-order chi connectivity index (χ0) is 25.4. The van der Waals surface area contributed by atoms with Crippen molar-refractivity contribution in [2.75, 3.05) is 9.96 Å². The number of esters is 1. The van der Waals surface area contributed by atoms with Crippen LogP contribution in [0, 0.1) is 5.92 Å². The number of amides is 2. The van der Waals surface area contributed by atoms with Crippen LogP contribution < -0.4 is 14.7 Å². The quantitative estimate of drug-likeness (QED) is 0.224. The Morgan fingerprint density at radius 2 is 1.24 bits per heavy atom. The van der Waals surface area contributed by atoms with E-state index in [0.717, 1.165) is 11.3 Å². The fraction of sp³-hybridized carbons (Fsp3) is 0.100. The van der Waals surface area contributed by atoms with Crippen molar-refractivity contribution in [3.63, 3.8) is 0 Å². The molecule has 0 saturated carbocycles. The van der Waals surface area contributed by atoms with E-state index < -0.39 is 29.9 Å². The predicted molar refractivity (Wildman–Crippen MR) is 137 cm³/mol. The van der Waals surface area contributed by atoms with Crippen LogP contribution in [0.25, 0.3) is 0 Å². The summed E-state index contributed by atoms with van der Waals surface area (Å²) in [5, 5.41) is 1.64. The summed E-state index contributed by atoms with van der Waals surface area (Å²) in [5.74, 6) is -1.54. The lowest BCUT2D eigenvalue weighted by atomic mass is 9.90. The smallest absolute Gasteiger partial charge is 0.343 e. The number of benzene rings is 4. The lowest BCUT2D eigenvalue weighted by Gasteiger charge is -2.28. The van der Waals surface area contributed by atoms with Gasteiger partial charge < -0.3 is 4.74 Å². The Balaban J connectivity index is 1.33. The number of imide groups is 1. The molecule has 37 heavy (non-hydrogen) atoms. The molecule has 6 rings (SSSR count). The minimum absolute atomic E-state index is 0.316. The molecule has 7 heteroatoms. The maximum atomic E-state index is 13.7. The topological polar surface area (TPSA) is 76.2 Å². The Hall–Kier alpha value is -4.75. The van der Waals surface area contributed by atoms with E-state index >= 15 is 0 Å². The first-order chi connectivity index (χ1) is 18.1. The van der Waals surface area contributed by atoms with Gasteiger partial charge in [0.2, 0.25) is 5.91 Å². The summed E-state index contributed by atoms with van der Waals surface area (Å²) in [7, 11) is 0. The summed E-state index contributed by atoms with van der Waals surface area (Å²) in [4.78, 5) is 46.8. The molecule has 0 spiro atoms. The highest BCUT2D eigenvalue weighted by molar-refractivity contribution is 6.23. The number of rotatable bonds is 5. The Kier molecular flexibility index (Phi) is 5.75. The van der Waals surface area contributed by atoms with E-state index in [1.807, 2.05) is 42.5 Å². The summed E-state index contributed by atoms with van der Waals surface area (Å²) in [6.45, 7) is 0. The SMILES string of the molecule is O=C(Oc1ccc([C@@H]2[C@@H]3C(=O)N(c4ccccc4)C(=O)[C@@H]3ON2c2ccccc2)cc1)c1ccccc1. The standard InChI is InChI=1S/C30H22N2O5/c33-28-25-26(20-16-18-24(19-17-20)36-30(35)21-10-4-1-5-11-21)32(23-14-8-3-9-15-23)37-27(25)29(34)31(28)22-12-6-2-7-13-22/h1-19,25-27H/t25-,26+,27+/m0/s1. The average Bonchev–Trinajstić information content (AvgIpc) is 3.46. The zero-order valence-corrected chi connectivity index (χ0v) is 19.6. The van der Waals surface area contributed by atoms with Crippen molar-refractivity contribution in [1.82, 2.24) is 0 Å². The zero-order valence-electron chi connectivity index (χ0n) is 19.6. The van der Waals surface area contributed by atoms with Gasteiger partial charge in [0.25, 0.3) is 5.91 Å². The van der Waals surface area contributed by atoms with Gasteiger partial charge in [-0.05, 0) is 54.1 Å². The van der Waals surface area contributed by atoms with Gasteiger partial charge in [-0.3, -0.25) is 14.4 Å². The molecule has 0 radical (unpaired) electrons. The van der Waals surface area contributed by atoms with E-state index in [0.29, 0.717) is 17.0 Å². The molecule has 2 fully saturated rings. The molecule has 182 valence electrons. The average molecular weight is 491 g/mol. The van der Waals surface area contributed by atoms with Gasteiger partial charge in [-0.2, -0.15) is 0 Å². The van der Waals surface area contributed by atoms with Crippen molar-refractivity contribution < 1.29 is 24.0 Å². The Morgan fingerprint density at radius 3 is 1.86 bits per heavy atom. The first kappa shape index (κ1) is 22.7. The number of carbonyl (C=O) groups is 3.